The molecule has 0 fully saturated rings. The van der Waals surface area contributed by atoms with Crippen LogP contribution in [0, 0.1) is 5.82 Å². The van der Waals surface area contributed by atoms with Crippen molar-refractivity contribution >= 4 is 22.4 Å². The number of aromatic nitrogens is 1. The van der Waals surface area contributed by atoms with E-state index in [4.69, 9.17) is 10.5 Å². The summed E-state index contributed by atoms with van der Waals surface area (Å²) in [5, 5.41) is 0.275. The second-order valence-corrected chi connectivity index (χ2v) is 4.49. The van der Waals surface area contributed by atoms with Crippen LogP contribution in [0.4, 0.5) is 9.52 Å². The van der Waals surface area contributed by atoms with Gasteiger partial charge in [-0.15, -0.1) is 0 Å². The minimum absolute atomic E-state index is 0.172. The normalized spacial score (nSPS) is 10.3. The molecule has 0 atom stereocenters. The van der Waals surface area contributed by atoms with Gasteiger partial charge in [-0.2, -0.15) is 0 Å². The van der Waals surface area contributed by atoms with Crippen molar-refractivity contribution in [2.24, 2.45) is 0 Å². The lowest BCUT2D eigenvalue weighted by Gasteiger charge is -2.02. The Bertz CT molecular complexity index is 566. The lowest BCUT2D eigenvalue weighted by molar-refractivity contribution is 0.0521. The van der Waals surface area contributed by atoms with Gasteiger partial charge in [0.05, 0.1) is 11.5 Å². The van der Waals surface area contributed by atoms with E-state index in [1.807, 2.05) is 0 Å². The monoisotopic (exact) mass is 266 g/mol. The van der Waals surface area contributed by atoms with Crippen molar-refractivity contribution in [1.29, 1.82) is 0 Å². The number of nitrogens with two attached hydrogens (primary N) is 1. The SMILES string of the molecule is CCOC(=O)c1nc(N)sc1-c1ccc(F)cc1. The molecule has 0 amide bonds. The highest BCUT2D eigenvalue weighted by atomic mass is 32.1. The van der Waals surface area contributed by atoms with E-state index in [0.29, 0.717) is 10.4 Å². The minimum atomic E-state index is -0.523. The number of halogens is 1. The number of nitrogens with zero attached hydrogens (tertiary/aromatic N) is 1. The number of rotatable bonds is 3. The topological polar surface area (TPSA) is 65.2 Å². The van der Waals surface area contributed by atoms with E-state index in [1.165, 1.54) is 23.5 Å². The maximum atomic E-state index is 12.9. The number of carbonyl (C=O) groups is 1. The summed E-state index contributed by atoms with van der Waals surface area (Å²) < 4.78 is 17.8. The Morgan fingerprint density at radius 2 is 2.11 bits per heavy atom. The summed E-state index contributed by atoms with van der Waals surface area (Å²) in [7, 11) is 0. The molecule has 0 radical (unpaired) electrons. The van der Waals surface area contributed by atoms with Gasteiger partial charge in [-0.3, -0.25) is 0 Å². The third kappa shape index (κ3) is 2.48. The number of benzene rings is 1. The molecule has 2 aromatic rings. The fourth-order valence-electron chi connectivity index (χ4n) is 1.47. The van der Waals surface area contributed by atoms with Crippen molar-refractivity contribution in [3.63, 3.8) is 0 Å². The molecule has 1 heterocycles. The number of thiazole rings is 1. The lowest BCUT2D eigenvalue weighted by Crippen LogP contribution is -2.06. The molecule has 18 heavy (non-hydrogen) atoms. The second-order valence-electron chi connectivity index (χ2n) is 3.46. The minimum Gasteiger partial charge on any atom is -0.461 e. The first-order valence-electron chi connectivity index (χ1n) is 5.31. The quantitative estimate of drug-likeness (QED) is 0.867. The van der Waals surface area contributed by atoms with Crippen molar-refractivity contribution in [3.8, 4) is 10.4 Å². The van der Waals surface area contributed by atoms with Crippen LogP contribution in [0.25, 0.3) is 10.4 Å². The Hall–Kier alpha value is -1.95. The Labute approximate surface area is 107 Å². The van der Waals surface area contributed by atoms with Crippen LogP contribution in [-0.2, 0) is 4.74 Å². The Kier molecular flexibility index (Phi) is 3.57. The van der Waals surface area contributed by atoms with E-state index in [0.717, 1.165) is 0 Å². The molecule has 2 N–H and O–H groups in total. The predicted octanol–water partition coefficient (Wildman–Crippen LogP) is 2.71. The molecule has 6 heteroatoms. The molecule has 0 saturated heterocycles. The Morgan fingerprint density at radius 1 is 1.44 bits per heavy atom. The standard InChI is InChI=1S/C12H11FN2O2S/c1-2-17-11(16)9-10(18-12(14)15-9)7-3-5-8(13)6-4-7/h3-6H,2H2,1H3,(H2,14,15). The molecule has 0 aliphatic carbocycles. The van der Waals surface area contributed by atoms with Crippen molar-refractivity contribution in [1.82, 2.24) is 4.98 Å². The predicted molar refractivity (Wildman–Crippen MR) is 67.9 cm³/mol. The van der Waals surface area contributed by atoms with Gasteiger partial charge in [-0.25, -0.2) is 14.2 Å². The molecule has 0 saturated carbocycles. The van der Waals surface area contributed by atoms with Crippen LogP contribution in [-0.4, -0.2) is 17.6 Å². The molecule has 0 aliphatic heterocycles. The van der Waals surface area contributed by atoms with Crippen LogP contribution in [0.5, 0.6) is 0 Å². The van der Waals surface area contributed by atoms with Gasteiger partial charge >= 0.3 is 5.97 Å². The molecule has 2 rings (SSSR count). The first kappa shape index (κ1) is 12.5. The highest BCUT2D eigenvalue weighted by molar-refractivity contribution is 7.19. The fourth-order valence-corrected chi connectivity index (χ4v) is 2.30. The summed E-state index contributed by atoms with van der Waals surface area (Å²) in [6.07, 6.45) is 0. The summed E-state index contributed by atoms with van der Waals surface area (Å²) in [5.74, 6) is -0.862. The molecule has 1 aromatic carbocycles. The summed E-state index contributed by atoms with van der Waals surface area (Å²) in [6.45, 7) is 1.98. The third-order valence-corrected chi connectivity index (χ3v) is 3.15. The van der Waals surface area contributed by atoms with Gasteiger partial charge in [0.15, 0.2) is 10.8 Å². The number of ether oxygens (including phenoxy) is 1. The molecule has 1 aromatic heterocycles. The van der Waals surface area contributed by atoms with Crippen molar-refractivity contribution in [2.45, 2.75) is 6.92 Å². The number of anilines is 1. The van der Waals surface area contributed by atoms with Crippen LogP contribution >= 0.6 is 11.3 Å². The average Bonchev–Trinajstić information content (AvgIpc) is 2.73. The van der Waals surface area contributed by atoms with E-state index < -0.39 is 5.97 Å². The van der Waals surface area contributed by atoms with Gasteiger partial charge in [-0.1, -0.05) is 23.5 Å². The van der Waals surface area contributed by atoms with Crippen LogP contribution in [0.15, 0.2) is 24.3 Å². The van der Waals surface area contributed by atoms with Gasteiger partial charge in [0.1, 0.15) is 5.82 Å². The number of esters is 1. The van der Waals surface area contributed by atoms with Crippen LogP contribution in [0.2, 0.25) is 0 Å². The van der Waals surface area contributed by atoms with E-state index >= 15 is 0 Å². The number of hydrogen-bond acceptors (Lipinski definition) is 5. The first-order valence-corrected chi connectivity index (χ1v) is 6.13. The molecular formula is C12H11FN2O2S. The van der Waals surface area contributed by atoms with Gasteiger partial charge < -0.3 is 10.5 Å². The number of nitrogen functional groups attached to an aromatic ring is 1. The molecule has 4 nitrogen and oxygen atoms in total. The van der Waals surface area contributed by atoms with Crippen LogP contribution < -0.4 is 5.73 Å². The molecule has 94 valence electrons. The number of hydrogen-bond donors (Lipinski definition) is 1. The smallest absolute Gasteiger partial charge is 0.358 e. The molecule has 0 aliphatic rings. The summed E-state index contributed by atoms with van der Waals surface area (Å²) in [4.78, 5) is 16.3. The summed E-state index contributed by atoms with van der Waals surface area (Å²) in [6, 6.07) is 5.79. The fraction of sp³-hybridized carbons (Fsp3) is 0.167. The molecular weight excluding hydrogens is 255 g/mol. The maximum Gasteiger partial charge on any atom is 0.358 e. The zero-order valence-corrected chi connectivity index (χ0v) is 10.5. The van der Waals surface area contributed by atoms with Crippen molar-refractivity contribution < 1.29 is 13.9 Å². The van der Waals surface area contributed by atoms with E-state index in [1.54, 1.807) is 19.1 Å². The molecule has 0 spiro atoms. The number of carbonyl (C=O) groups excluding carboxylic acids is 1. The van der Waals surface area contributed by atoms with E-state index in [9.17, 15) is 9.18 Å². The molecule has 0 bridgehead atoms. The van der Waals surface area contributed by atoms with Crippen molar-refractivity contribution in [3.05, 3.63) is 35.8 Å². The van der Waals surface area contributed by atoms with Gasteiger partial charge in [-0.05, 0) is 24.6 Å². The van der Waals surface area contributed by atoms with Crippen molar-refractivity contribution in [2.75, 3.05) is 12.3 Å². The zero-order valence-electron chi connectivity index (χ0n) is 9.64. The van der Waals surface area contributed by atoms with Gasteiger partial charge in [0.2, 0.25) is 0 Å². The highest BCUT2D eigenvalue weighted by Crippen LogP contribution is 2.32. The van der Waals surface area contributed by atoms with Crippen LogP contribution in [0.1, 0.15) is 17.4 Å². The maximum absolute atomic E-state index is 12.9. The van der Waals surface area contributed by atoms with Gasteiger partial charge in [0, 0.05) is 0 Å². The largest absolute Gasteiger partial charge is 0.461 e. The average molecular weight is 266 g/mol. The lowest BCUT2D eigenvalue weighted by atomic mass is 10.1. The van der Waals surface area contributed by atoms with Crippen LogP contribution in [0.3, 0.4) is 0 Å². The van der Waals surface area contributed by atoms with E-state index in [-0.39, 0.29) is 23.2 Å². The van der Waals surface area contributed by atoms with Gasteiger partial charge in [0.25, 0.3) is 0 Å². The first-order chi connectivity index (χ1) is 8.61. The second kappa shape index (κ2) is 5.14. The molecule has 0 unspecified atom stereocenters. The Balaban J connectivity index is 2.44. The Morgan fingerprint density at radius 3 is 2.72 bits per heavy atom. The summed E-state index contributed by atoms with van der Waals surface area (Å²) >= 11 is 1.17. The third-order valence-electron chi connectivity index (χ3n) is 2.22. The summed E-state index contributed by atoms with van der Waals surface area (Å²) in [5.41, 5.74) is 6.47. The highest BCUT2D eigenvalue weighted by Gasteiger charge is 2.19. The van der Waals surface area contributed by atoms with E-state index in [2.05, 4.69) is 4.98 Å². The zero-order chi connectivity index (χ0) is 13.1.